The largest absolute Gasteiger partial charge is 0.366 e. The van der Waals surface area contributed by atoms with E-state index in [1.54, 1.807) is 7.05 Å². The highest BCUT2D eigenvalue weighted by atomic mass is 16.1. The van der Waals surface area contributed by atoms with E-state index >= 15 is 0 Å². The Morgan fingerprint density at radius 1 is 1.12 bits per heavy atom. The molecule has 25 heavy (non-hydrogen) atoms. The van der Waals surface area contributed by atoms with Crippen molar-refractivity contribution < 1.29 is 0 Å². The van der Waals surface area contributed by atoms with Crippen molar-refractivity contribution in [1.29, 1.82) is 0 Å². The molecule has 0 spiro atoms. The summed E-state index contributed by atoms with van der Waals surface area (Å²) >= 11 is 0. The van der Waals surface area contributed by atoms with Gasteiger partial charge in [-0.2, -0.15) is 5.10 Å². The van der Waals surface area contributed by atoms with Gasteiger partial charge in [0.15, 0.2) is 5.82 Å². The molecule has 5 heteroatoms. The zero-order valence-corrected chi connectivity index (χ0v) is 15.2. The maximum absolute atomic E-state index is 12.4. The van der Waals surface area contributed by atoms with E-state index in [0.717, 1.165) is 16.8 Å². The second kappa shape index (κ2) is 7.07. The van der Waals surface area contributed by atoms with E-state index in [1.807, 2.05) is 31.2 Å². The number of nitrogens with one attached hydrogen (secondary N) is 1. The fraction of sp³-hybridized carbons (Fsp3) is 0.300. The Hall–Kier alpha value is -2.66. The molecule has 0 bridgehead atoms. The number of aryl methyl sites for hydroxylation is 2. The number of benzene rings is 2. The highest BCUT2D eigenvalue weighted by molar-refractivity contribution is 5.93. The molecular weight excluding hydrogens is 312 g/mol. The van der Waals surface area contributed by atoms with Crippen LogP contribution in [0.3, 0.4) is 0 Å². The summed E-state index contributed by atoms with van der Waals surface area (Å²) < 4.78 is 1.40. The van der Waals surface area contributed by atoms with Crippen molar-refractivity contribution >= 4 is 16.6 Å². The lowest BCUT2D eigenvalue weighted by Crippen LogP contribution is -2.28. The van der Waals surface area contributed by atoms with Crippen LogP contribution in [-0.2, 0) is 7.05 Å². The van der Waals surface area contributed by atoms with Gasteiger partial charge in [-0.05, 0) is 38.2 Å². The Bertz CT molecular complexity index is 932. The third-order valence-corrected chi connectivity index (χ3v) is 4.55. The molecule has 1 atom stereocenters. The van der Waals surface area contributed by atoms with Gasteiger partial charge in [-0.25, -0.2) is 4.68 Å². The van der Waals surface area contributed by atoms with E-state index in [9.17, 15) is 4.79 Å². The third kappa shape index (κ3) is 3.42. The lowest BCUT2D eigenvalue weighted by Gasteiger charge is -2.25. The van der Waals surface area contributed by atoms with E-state index in [0.29, 0.717) is 11.9 Å². The van der Waals surface area contributed by atoms with Gasteiger partial charge in [0.1, 0.15) is 0 Å². The van der Waals surface area contributed by atoms with Crippen LogP contribution < -0.4 is 10.9 Å². The maximum Gasteiger partial charge on any atom is 0.274 e. The molecule has 3 rings (SSSR count). The van der Waals surface area contributed by atoms with Crippen LogP contribution in [0, 0.1) is 6.92 Å². The van der Waals surface area contributed by atoms with Gasteiger partial charge in [-0.1, -0.05) is 42.5 Å². The highest BCUT2D eigenvalue weighted by Crippen LogP contribution is 2.24. The molecule has 1 unspecified atom stereocenters. The molecule has 0 fully saturated rings. The minimum Gasteiger partial charge on any atom is -0.366 e. The van der Waals surface area contributed by atoms with Crippen LogP contribution in [0.5, 0.6) is 0 Å². The predicted molar refractivity (Wildman–Crippen MR) is 103 cm³/mol. The molecule has 0 aliphatic heterocycles. The zero-order valence-electron chi connectivity index (χ0n) is 15.2. The molecule has 2 aromatic carbocycles. The van der Waals surface area contributed by atoms with Crippen molar-refractivity contribution in [2.75, 3.05) is 26.0 Å². The van der Waals surface area contributed by atoms with Crippen LogP contribution in [-0.4, -0.2) is 35.3 Å². The Kier molecular flexibility index (Phi) is 4.86. The van der Waals surface area contributed by atoms with Gasteiger partial charge in [0.2, 0.25) is 0 Å². The maximum atomic E-state index is 12.4. The molecule has 0 aliphatic carbocycles. The normalized spacial score (nSPS) is 12.5. The van der Waals surface area contributed by atoms with E-state index in [2.05, 4.69) is 53.7 Å². The third-order valence-electron chi connectivity index (χ3n) is 4.55. The van der Waals surface area contributed by atoms with Crippen molar-refractivity contribution in [2.24, 2.45) is 7.05 Å². The molecule has 1 N–H and O–H groups in total. The molecule has 1 heterocycles. The summed E-state index contributed by atoms with van der Waals surface area (Å²) in [6.07, 6.45) is 0. The molecule has 0 amide bonds. The highest BCUT2D eigenvalue weighted by Gasteiger charge is 2.16. The minimum atomic E-state index is -0.0727. The summed E-state index contributed by atoms with van der Waals surface area (Å²) in [7, 11) is 5.82. The van der Waals surface area contributed by atoms with Gasteiger partial charge < -0.3 is 10.2 Å². The number of nitrogens with zero attached hydrogens (tertiary/aromatic N) is 3. The SMILES string of the molecule is Cc1cccc2c(=O)n(C)nc(NCC(c3ccccc3)N(C)C)c12. The molecule has 0 saturated carbocycles. The summed E-state index contributed by atoms with van der Waals surface area (Å²) in [6, 6.07) is 16.4. The van der Waals surface area contributed by atoms with Gasteiger partial charge >= 0.3 is 0 Å². The summed E-state index contributed by atoms with van der Waals surface area (Å²) in [4.78, 5) is 14.5. The Balaban J connectivity index is 1.98. The first kappa shape index (κ1) is 17.2. The topological polar surface area (TPSA) is 50.2 Å². The summed E-state index contributed by atoms with van der Waals surface area (Å²) in [5.74, 6) is 0.748. The van der Waals surface area contributed by atoms with Crippen molar-refractivity contribution in [2.45, 2.75) is 13.0 Å². The van der Waals surface area contributed by atoms with Gasteiger partial charge in [0, 0.05) is 19.0 Å². The van der Waals surface area contributed by atoms with Gasteiger partial charge in [-0.3, -0.25) is 4.79 Å². The van der Waals surface area contributed by atoms with Gasteiger partial charge in [0.05, 0.1) is 11.4 Å². The summed E-state index contributed by atoms with van der Waals surface area (Å²) in [5.41, 5.74) is 2.22. The Morgan fingerprint density at radius 2 is 1.84 bits per heavy atom. The number of aromatic nitrogens is 2. The van der Waals surface area contributed by atoms with Crippen molar-refractivity contribution in [3.05, 3.63) is 70.0 Å². The number of likely N-dealkylation sites (N-methyl/N-ethyl adjacent to an activating group) is 1. The molecule has 130 valence electrons. The molecule has 1 aromatic heterocycles. The quantitative estimate of drug-likeness (QED) is 0.778. The van der Waals surface area contributed by atoms with Crippen molar-refractivity contribution in [3.8, 4) is 0 Å². The fourth-order valence-corrected chi connectivity index (χ4v) is 3.17. The van der Waals surface area contributed by atoms with E-state index in [-0.39, 0.29) is 11.6 Å². The van der Waals surface area contributed by atoms with E-state index < -0.39 is 0 Å². The van der Waals surface area contributed by atoms with Crippen LogP contribution in [0.15, 0.2) is 53.3 Å². The molecule has 0 aliphatic rings. The monoisotopic (exact) mass is 336 g/mol. The first-order valence-electron chi connectivity index (χ1n) is 8.41. The van der Waals surface area contributed by atoms with Crippen molar-refractivity contribution in [1.82, 2.24) is 14.7 Å². The number of rotatable bonds is 5. The molecule has 5 nitrogen and oxygen atoms in total. The van der Waals surface area contributed by atoms with Crippen LogP contribution in [0.1, 0.15) is 17.2 Å². The summed E-state index contributed by atoms with van der Waals surface area (Å²) in [5, 5.41) is 9.52. The second-order valence-corrected chi connectivity index (χ2v) is 6.55. The number of fused-ring (bicyclic) bond motifs is 1. The average molecular weight is 336 g/mol. The second-order valence-electron chi connectivity index (χ2n) is 6.55. The van der Waals surface area contributed by atoms with Gasteiger partial charge in [-0.15, -0.1) is 0 Å². The van der Waals surface area contributed by atoms with Crippen LogP contribution in [0.4, 0.5) is 5.82 Å². The van der Waals surface area contributed by atoms with E-state index in [4.69, 9.17) is 0 Å². The van der Waals surface area contributed by atoms with Crippen LogP contribution in [0.2, 0.25) is 0 Å². The smallest absolute Gasteiger partial charge is 0.274 e. The molecule has 0 radical (unpaired) electrons. The minimum absolute atomic E-state index is 0.0727. The fourth-order valence-electron chi connectivity index (χ4n) is 3.17. The van der Waals surface area contributed by atoms with Crippen LogP contribution in [0.25, 0.3) is 10.8 Å². The van der Waals surface area contributed by atoms with E-state index in [1.165, 1.54) is 10.2 Å². The average Bonchev–Trinajstić information content (AvgIpc) is 2.60. The Labute approximate surface area is 147 Å². The first-order chi connectivity index (χ1) is 12.0. The molecular formula is C20H24N4O. The number of hydrogen-bond acceptors (Lipinski definition) is 4. The molecule has 3 aromatic rings. The van der Waals surface area contributed by atoms with Gasteiger partial charge in [0.25, 0.3) is 5.56 Å². The molecule has 0 saturated heterocycles. The number of anilines is 1. The lowest BCUT2D eigenvalue weighted by molar-refractivity contribution is 0.311. The Morgan fingerprint density at radius 3 is 2.52 bits per heavy atom. The zero-order chi connectivity index (χ0) is 18.0. The predicted octanol–water partition coefficient (Wildman–Crippen LogP) is 2.96. The lowest BCUT2D eigenvalue weighted by atomic mass is 10.1. The standard InChI is InChI=1S/C20H24N4O/c1-14-9-8-12-16-18(14)19(22-24(4)20(16)25)21-13-17(23(2)3)15-10-6-5-7-11-15/h5-12,17H,13H2,1-4H3,(H,21,22). The summed E-state index contributed by atoms with van der Waals surface area (Å²) in [6.45, 7) is 2.71. The van der Waals surface area contributed by atoms with Crippen LogP contribution >= 0.6 is 0 Å². The number of hydrogen-bond donors (Lipinski definition) is 1. The van der Waals surface area contributed by atoms with Crippen molar-refractivity contribution in [3.63, 3.8) is 0 Å². The first-order valence-corrected chi connectivity index (χ1v) is 8.41.